The lowest BCUT2D eigenvalue weighted by atomic mass is 10.0. The van der Waals surface area contributed by atoms with Crippen molar-refractivity contribution in [1.29, 1.82) is 5.26 Å². The lowest BCUT2D eigenvalue weighted by Gasteiger charge is -2.15. The first-order valence-electron chi connectivity index (χ1n) is 12.8. The fraction of sp³-hybridized carbons (Fsp3) is 0.0588. The summed E-state index contributed by atoms with van der Waals surface area (Å²) in [4.78, 5) is 13.2. The van der Waals surface area contributed by atoms with E-state index in [2.05, 4.69) is 40.2 Å². The molecule has 0 spiro atoms. The summed E-state index contributed by atoms with van der Waals surface area (Å²) in [7, 11) is 0. The van der Waals surface area contributed by atoms with Gasteiger partial charge in [-0.2, -0.15) is 5.26 Å². The van der Waals surface area contributed by atoms with Crippen molar-refractivity contribution in [2.75, 3.05) is 11.9 Å². The Morgan fingerprint density at radius 3 is 2.03 bits per heavy atom. The Morgan fingerprint density at radius 1 is 0.846 bits per heavy atom. The van der Waals surface area contributed by atoms with Gasteiger partial charge in [-0.05, 0) is 66.6 Å². The Morgan fingerprint density at radius 2 is 1.44 bits per heavy atom. The molecule has 1 amide bonds. The van der Waals surface area contributed by atoms with Crippen LogP contribution in [0.3, 0.4) is 0 Å². The molecule has 5 heteroatoms. The summed E-state index contributed by atoms with van der Waals surface area (Å²) in [6.45, 7) is 2.47. The summed E-state index contributed by atoms with van der Waals surface area (Å²) in [6, 6.07) is 41.4. The molecule has 0 atom stereocenters. The van der Waals surface area contributed by atoms with E-state index in [0.29, 0.717) is 12.3 Å². The van der Waals surface area contributed by atoms with E-state index in [1.165, 1.54) is 0 Å². The molecule has 0 unspecified atom stereocenters. The van der Waals surface area contributed by atoms with Crippen LogP contribution in [0.4, 0.5) is 5.69 Å². The van der Waals surface area contributed by atoms with Gasteiger partial charge in [0.2, 0.25) is 0 Å². The van der Waals surface area contributed by atoms with Crippen molar-refractivity contribution >= 4 is 17.7 Å². The van der Waals surface area contributed by atoms with Gasteiger partial charge in [0.05, 0.1) is 18.0 Å². The number of nitriles is 1. The van der Waals surface area contributed by atoms with Crippen LogP contribution in [0, 0.1) is 11.3 Å². The summed E-state index contributed by atoms with van der Waals surface area (Å²) in [6.07, 6.45) is 1.66. The minimum Gasteiger partial charge on any atom is -0.494 e. The second kappa shape index (κ2) is 11.8. The third-order valence-corrected chi connectivity index (χ3v) is 6.25. The summed E-state index contributed by atoms with van der Waals surface area (Å²) in [5, 5.41) is 12.9. The number of aromatic nitrogens is 1. The second-order valence-corrected chi connectivity index (χ2v) is 8.82. The van der Waals surface area contributed by atoms with Gasteiger partial charge in [-0.25, -0.2) is 0 Å². The molecule has 0 bridgehead atoms. The fourth-order valence-corrected chi connectivity index (χ4v) is 4.50. The van der Waals surface area contributed by atoms with Gasteiger partial charge in [-0.1, -0.05) is 78.9 Å². The third-order valence-electron chi connectivity index (χ3n) is 6.25. The number of rotatable bonds is 8. The van der Waals surface area contributed by atoms with Gasteiger partial charge in [-0.3, -0.25) is 4.79 Å². The van der Waals surface area contributed by atoms with Crippen LogP contribution in [0.15, 0.2) is 127 Å². The topological polar surface area (TPSA) is 67.0 Å². The molecule has 5 nitrogen and oxygen atoms in total. The lowest BCUT2D eigenvalue weighted by Crippen LogP contribution is -2.13. The number of hydrogen-bond acceptors (Lipinski definition) is 3. The van der Waals surface area contributed by atoms with E-state index in [1.54, 1.807) is 30.3 Å². The molecule has 5 aromatic rings. The second-order valence-electron chi connectivity index (χ2n) is 8.82. The lowest BCUT2D eigenvalue weighted by molar-refractivity contribution is -0.112. The molecule has 39 heavy (non-hydrogen) atoms. The number of nitrogens with zero attached hydrogens (tertiary/aromatic N) is 2. The average Bonchev–Trinajstić information content (AvgIpc) is 3.37. The molecule has 0 aliphatic carbocycles. The third kappa shape index (κ3) is 5.66. The van der Waals surface area contributed by atoms with E-state index in [-0.39, 0.29) is 5.57 Å². The average molecular weight is 510 g/mol. The number of para-hydroxylation sites is 1. The Hall–Kier alpha value is -5.34. The van der Waals surface area contributed by atoms with E-state index >= 15 is 0 Å². The molecule has 0 radical (unpaired) electrons. The maximum absolute atomic E-state index is 13.2. The maximum Gasteiger partial charge on any atom is 0.266 e. The molecular formula is C34H27N3O2. The van der Waals surface area contributed by atoms with Gasteiger partial charge < -0.3 is 14.6 Å². The molecule has 0 aliphatic heterocycles. The van der Waals surface area contributed by atoms with Gasteiger partial charge in [0, 0.05) is 16.9 Å². The summed E-state index contributed by atoms with van der Waals surface area (Å²) >= 11 is 0. The summed E-state index contributed by atoms with van der Waals surface area (Å²) in [5.74, 6) is 0.240. The highest BCUT2D eigenvalue weighted by Crippen LogP contribution is 2.37. The molecule has 1 heterocycles. The van der Waals surface area contributed by atoms with Gasteiger partial charge in [0.15, 0.2) is 0 Å². The number of benzene rings is 4. The van der Waals surface area contributed by atoms with Gasteiger partial charge in [-0.15, -0.1) is 0 Å². The predicted octanol–water partition coefficient (Wildman–Crippen LogP) is 7.76. The number of ether oxygens (including phenoxy) is 1. The predicted molar refractivity (Wildman–Crippen MR) is 156 cm³/mol. The Balaban J connectivity index is 1.64. The van der Waals surface area contributed by atoms with Crippen molar-refractivity contribution in [3.05, 3.63) is 132 Å². The van der Waals surface area contributed by atoms with E-state index in [4.69, 9.17) is 4.74 Å². The van der Waals surface area contributed by atoms with E-state index in [1.807, 2.05) is 79.7 Å². The van der Waals surface area contributed by atoms with Crippen molar-refractivity contribution in [1.82, 2.24) is 4.57 Å². The molecule has 1 aromatic heterocycles. The largest absolute Gasteiger partial charge is 0.494 e. The van der Waals surface area contributed by atoms with Crippen molar-refractivity contribution in [3.8, 4) is 40.0 Å². The molecule has 1 N–H and O–H groups in total. The minimum absolute atomic E-state index is 0.00545. The van der Waals surface area contributed by atoms with Gasteiger partial charge in [0.1, 0.15) is 17.4 Å². The zero-order chi connectivity index (χ0) is 27.0. The highest BCUT2D eigenvalue weighted by molar-refractivity contribution is 6.10. The van der Waals surface area contributed by atoms with Crippen LogP contribution in [0.1, 0.15) is 12.5 Å². The first-order valence-corrected chi connectivity index (χ1v) is 12.8. The van der Waals surface area contributed by atoms with E-state index < -0.39 is 5.91 Å². The van der Waals surface area contributed by atoms with Crippen molar-refractivity contribution in [2.45, 2.75) is 6.92 Å². The quantitative estimate of drug-likeness (QED) is 0.172. The number of carbonyl (C=O) groups excluding carboxylic acids is 1. The van der Waals surface area contributed by atoms with Gasteiger partial charge >= 0.3 is 0 Å². The molecule has 0 fully saturated rings. The van der Waals surface area contributed by atoms with Crippen molar-refractivity contribution < 1.29 is 9.53 Å². The van der Waals surface area contributed by atoms with Crippen LogP contribution in [0.25, 0.3) is 34.3 Å². The zero-order valence-electron chi connectivity index (χ0n) is 21.5. The number of anilines is 1. The first-order chi connectivity index (χ1) is 19.2. The van der Waals surface area contributed by atoms with E-state index in [0.717, 1.165) is 39.5 Å². The molecular weight excluding hydrogens is 482 g/mol. The van der Waals surface area contributed by atoms with Crippen LogP contribution in [-0.2, 0) is 4.79 Å². The van der Waals surface area contributed by atoms with Crippen LogP contribution in [0.5, 0.6) is 5.75 Å². The zero-order valence-corrected chi connectivity index (χ0v) is 21.5. The fourth-order valence-electron chi connectivity index (χ4n) is 4.50. The standard InChI is InChI=1S/C34H27N3O2/c1-2-39-31-20-18-29(19-21-31)36-34(38)28(24-35)22-27-23-32(25-12-6-3-7-13-25)37(30-16-10-5-11-17-30)33(27)26-14-8-4-9-15-26/h3-23H,2H2,1H3,(H,36,38)/b28-22+. The highest BCUT2D eigenvalue weighted by Gasteiger charge is 2.20. The van der Waals surface area contributed by atoms with Crippen molar-refractivity contribution in [2.24, 2.45) is 0 Å². The molecule has 190 valence electrons. The Labute approximate surface area is 228 Å². The van der Waals surface area contributed by atoms with Crippen LogP contribution >= 0.6 is 0 Å². The SMILES string of the molecule is CCOc1ccc(NC(=O)/C(C#N)=C/c2cc(-c3ccccc3)n(-c3ccccc3)c2-c2ccccc2)cc1. The number of hydrogen-bond donors (Lipinski definition) is 1. The Bertz CT molecular complexity index is 1630. The van der Waals surface area contributed by atoms with Crippen LogP contribution < -0.4 is 10.1 Å². The molecule has 5 rings (SSSR count). The monoisotopic (exact) mass is 509 g/mol. The van der Waals surface area contributed by atoms with Crippen LogP contribution in [0.2, 0.25) is 0 Å². The molecule has 4 aromatic carbocycles. The molecule has 0 saturated heterocycles. The number of amides is 1. The minimum atomic E-state index is -0.477. The number of carbonyl (C=O) groups is 1. The highest BCUT2D eigenvalue weighted by atomic mass is 16.5. The van der Waals surface area contributed by atoms with Gasteiger partial charge in [0.25, 0.3) is 5.91 Å². The number of nitrogens with one attached hydrogen (secondary N) is 1. The van der Waals surface area contributed by atoms with Crippen molar-refractivity contribution in [3.63, 3.8) is 0 Å². The normalized spacial score (nSPS) is 11.0. The maximum atomic E-state index is 13.2. The van der Waals surface area contributed by atoms with Crippen LogP contribution in [-0.4, -0.2) is 17.1 Å². The smallest absolute Gasteiger partial charge is 0.266 e. The van der Waals surface area contributed by atoms with E-state index in [9.17, 15) is 10.1 Å². The Kier molecular flexibility index (Phi) is 7.66. The summed E-state index contributed by atoms with van der Waals surface area (Å²) < 4.78 is 7.65. The molecule has 0 aliphatic rings. The summed E-state index contributed by atoms with van der Waals surface area (Å²) in [5.41, 5.74) is 6.17. The molecule has 0 saturated carbocycles. The first kappa shape index (κ1) is 25.3.